The molecule has 1 aliphatic heterocycles. The van der Waals surface area contributed by atoms with E-state index >= 15 is 0 Å². The van der Waals surface area contributed by atoms with Gasteiger partial charge in [-0.05, 0) is 70.8 Å². The summed E-state index contributed by atoms with van der Waals surface area (Å²) < 4.78 is 4.27. The Morgan fingerprint density at radius 1 is 0.964 bits per heavy atom. The van der Waals surface area contributed by atoms with E-state index in [4.69, 9.17) is 5.10 Å². The number of pyridine rings is 1. The Hall–Kier alpha value is -1.62. The van der Waals surface area contributed by atoms with Crippen LogP contribution in [0.4, 0.5) is 0 Å². The minimum atomic E-state index is 0.208. The average Bonchev–Trinajstić information content (AvgIpc) is 3.37. The van der Waals surface area contributed by atoms with E-state index in [1.165, 1.54) is 55.9 Å². The van der Waals surface area contributed by atoms with Crippen LogP contribution in [0.1, 0.15) is 95.0 Å². The van der Waals surface area contributed by atoms with E-state index in [-0.39, 0.29) is 17.8 Å². The van der Waals surface area contributed by atoms with Gasteiger partial charge >= 0.3 is 0 Å². The van der Waals surface area contributed by atoms with E-state index in [0.29, 0.717) is 6.04 Å². The number of rotatable bonds is 3. The van der Waals surface area contributed by atoms with Crippen molar-refractivity contribution in [3.8, 4) is 0 Å². The number of aryl methyl sites for hydroxylation is 1. The first kappa shape index (κ1) is 18.4. The van der Waals surface area contributed by atoms with Crippen LogP contribution in [0, 0.1) is 0 Å². The first-order valence-electron chi connectivity index (χ1n) is 11.6. The van der Waals surface area contributed by atoms with Crippen molar-refractivity contribution >= 4 is 11.0 Å². The Morgan fingerprint density at radius 2 is 1.71 bits per heavy atom. The molecule has 5 nitrogen and oxygen atoms in total. The van der Waals surface area contributed by atoms with Crippen molar-refractivity contribution in [2.75, 3.05) is 6.54 Å². The lowest BCUT2D eigenvalue weighted by atomic mass is 9.91. The Morgan fingerprint density at radius 3 is 2.46 bits per heavy atom. The molecule has 3 aliphatic rings. The minimum Gasteiger partial charge on any atom is -0.280 e. The molecule has 0 radical (unpaired) electrons. The number of hydrogen-bond donors (Lipinski definition) is 0. The summed E-state index contributed by atoms with van der Waals surface area (Å²) in [6.07, 6.45) is 15.5. The van der Waals surface area contributed by atoms with Crippen LogP contribution in [-0.4, -0.2) is 31.8 Å². The molecule has 28 heavy (non-hydrogen) atoms. The number of fused-ring (bicyclic) bond motifs is 3. The predicted octanol–water partition coefficient (Wildman–Crippen LogP) is 4.58. The van der Waals surface area contributed by atoms with E-state index in [9.17, 15) is 4.79 Å². The molecule has 2 aromatic heterocycles. The van der Waals surface area contributed by atoms with Gasteiger partial charge in [-0.1, -0.05) is 19.3 Å². The van der Waals surface area contributed by atoms with Crippen molar-refractivity contribution in [2.24, 2.45) is 0 Å². The summed E-state index contributed by atoms with van der Waals surface area (Å²) in [5, 5.41) is 5.99. The molecular weight excluding hydrogens is 348 g/mol. The summed E-state index contributed by atoms with van der Waals surface area (Å²) in [6.45, 7) is 5.48. The molecule has 2 aliphatic carbocycles. The van der Waals surface area contributed by atoms with Crippen LogP contribution in [0.25, 0.3) is 11.0 Å². The van der Waals surface area contributed by atoms with E-state index in [1.807, 2.05) is 6.20 Å². The Bertz CT molecular complexity index is 919. The zero-order chi connectivity index (χ0) is 19.3. The molecule has 1 saturated heterocycles. The number of aromatic nitrogens is 3. The first-order valence-corrected chi connectivity index (χ1v) is 11.6. The van der Waals surface area contributed by atoms with Gasteiger partial charge in [-0.15, -0.1) is 0 Å². The van der Waals surface area contributed by atoms with Crippen molar-refractivity contribution in [1.82, 2.24) is 19.2 Å². The monoisotopic (exact) mass is 382 g/mol. The maximum Gasteiger partial charge on any atom is 0.257 e. The minimum absolute atomic E-state index is 0.208. The van der Waals surface area contributed by atoms with E-state index in [2.05, 4.69) is 28.0 Å². The molecule has 5 heteroatoms. The fourth-order valence-corrected chi connectivity index (χ4v) is 6.03. The summed E-state index contributed by atoms with van der Waals surface area (Å²) in [6, 6.07) is 0.906. The van der Waals surface area contributed by atoms with Gasteiger partial charge in [-0.2, -0.15) is 5.10 Å². The molecule has 1 atom stereocenters. The van der Waals surface area contributed by atoms with Gasteiger partial charge < -0.3 is 0 Å². The maximum atomic E-state index is 13.8. The molecule has 0 aromatic carbocycles. The number of hydrogen-bond acceptors (Lipinski definition) is 3. The highest BCUT2D eigenvalue weighted by atomic mass is 16.1. The third kappa shape index (κ3) is 2.85. The second-order valence-corrected chi connectivity index (χ2v) is 9.41. The molecule has 0 spiro atoms. The van der Waals surface area contributed by atoms with Crippen LogP contribution in [0.3, 0.4) is 0 Å². The highest BCUT2D eigenvalue weighted by molar-refractivity contribution is 5.81. The average molecular weight is 383 g/mol. The van der Waals surface area contributed by atoms with Gasteiger partial charge in [0.1, 0.15) is 5.65 Å². The highest BCUT2D eigenvalue weighted by Crippen LogP contribution is 2.37. The Labute approximate surface area is 167 Å². The zero-order valence-corrected chi connectivity index (χ0v) is 17.5. The van der Waals surface area contributed by atoms with Gasteiger partial charge in [-0.25, -0.2) is 4.68 Å². The molecule has 0 amide bonds. The van der Waals surface area contributed by atoms with Gasteiger partial charge in [0.25, 0.3) is 5.56 Å². The summed E-state index contributed by atoms with van der Waals surface area (Å²) in [5.41, 5.74) is 3.72. The zero-order valence-electron chi connectivity index (χ0n) is 17.5. The summed E-state index contributed by atoms with van der Waals surface area (Å²) >= 11 is 0. The fourth-order valence-electron chi connectivity index (χ4n) is 6.03. The second kappa shape index (κ2) is 7.33. The quantitative estimate of drug-likeness (QED) is 0.780. The van der Waals surface area contributed by atoms with Crippen molar-refractivity contribution in [3.63, 3.8) is 0 Å². The molecule has 0 bridgehead atoms. The smallest absolute Gasteiger partial charge is 0.257 e. The van der Waals surface area contributed by atoms with E-state index in [0.717, 1.165) is 43.4 Å². The predicted molar refractivity (Wildman–Crippen MR) is 113 cm³/mol. The fraction of sp³-hybridized carbons (Fsp3) is 0.739. The molecular formula is C23H34N4O. The molecule has 1 saturated carbocycles. The topological polar surface area (TPSA) is 43.1 Å². The van der Waals surface area contributed by atoms with Gasteiger partial charge in [0.15, 0.2) is 0 Å². The van der Waals surface area contributed by atoms with Crippen LogP contribution in [0.5, 0.6) is 0 Å². The van der Waals surface area contributed by atoms with Gasteiger partial charge in [0.05, 0.1) is 12.4 Å². The van der Waals surface area contributed by atoms with Gasteiger partial charge in [0.2, 0.25) is 0 Å². The standard InChI is InChI=1S/C23H34N4O/c1-16(2)27-22-20(15-24-27)18-11-6-7-12-19(18)23(28)26(22)21-13-8-14-25(21)17-9-4-3-5-10-17/h15-17,21H,3-14H2,1-2H3. The lowest BCUT2D eigenvalue weighted by molar-refractivity contribution is 0.103. The lowest BCUT2D eigenvalue weighted by Gasteiger charge is -2.37. The lowest BCUT2D eigenvalue weighted by Crippen LogP contribution is -2.43. The van der Waals surface area contributed by atoms with Crippen molar-refractivity contribution in [3.05, 3.63) is 27.7 Å². The molecule has 1 unspecified atom stereocenters. The van der Waals surface area contributed by atoms with Crippen LogP contribution in [0.15, 0.2) is 11.0 Å². The molecule has 2 fully saturated rings. The normalized spacial score (nSPS) is 24.3. The van der Waals surface area contributed by atoms with Gasteiger partial charge in [-0.3, -0.25) is 14.3 Å². The van der Waals surface area contributed by atoms with E-state index < -0.39 is 0 Å². The third-order valence-electron chi connectivity index (χ3n) is 7.36. The third-order valence-corrected chi connectivity index (χ3v) is 7.36. The second-order valence-electron chi connectivity index (χ2n) is 9.41. The molecule has 5 rings (SSSR count). The van der Waals surface area contributed by atoms with Crippen molar-refractivity contribution in [1.29, 1.82) is 0 Å². The molecule has 2 aromatic rings. The van der Waals surface area contributed by atoms with Crippen LogP contribution in [0.2, 0.25) is 0 Å². The molecule has 0 N–H and O–H groups in total. The van der Waals surface area contributed by atoms with Gasteiger partial charge in [0, 0.05) is 29.6 Å². The number of likely N-dealkylation sites (tertiary alicyclic amines) is 1. The molecule has 3 heterocycles. The van der Waals surface area contributed by atoms with Crippen molar-refractivity contribution < 1.29 is 0 Å². The first-order chi connectivity index (χ1) is 13.7. The Kier molecular flexibility index (Phi) is 4.82. The number of nitrogens with zero attached hydrogens (tertiary/aromatic N) is 4. The van der Waals surface area contributed by atoms with E-state index in [1.54, 1.807) is 0 Å². The largest absolute Gasteiger partial charge is 0.280 e. The SMILES string of the molecule is CC(C)n1ncc2c3c(c(=O)n(C4CCCN4C4CCCCC4)c21)CCCC3. The summed E-state index contributed by atoms with van der Waals surface area (Å²) in [7, 11) is 0. The van der Waals surface area contributed by atoms with Crippen LogP contribution < -0.4 is 5.56 Å². The van der Waals surface area contributed by atoms with Crippen molar-refractivity contribution in [2.45, 2.75) is 103 Å². The highest BCUT2D eigenvalue weighted by Gasteiger charge is 2.36. The molecule has 152 valence electrons. The van der Waals surface area contributed by atoms with Crippen LogP contribution >= 0.6 is 0 Å². The van der Waals surface area contributed by atoms with Crippen LogP contribution in [-0.2, 0) is 12.8 Å². The maximum absolute atomic E-state index is 13.8. The summed E-state index contributed by atoms with van der Waals surface area (Å²) in [4.78, 5) is 16.5. The summed E-state index contributed by atoms with van der Waals surface area (Å²) in [5.74, 6) is 0. The Balaban J connectivity index is 1.70.